The van der Waals surface area contributed by atoms with Crippen LogP contribution in [0.4, 0.5) is 0 Å². The molecule has 0 amide bonds. The highest BCUT2D eigenvalue weighted by molar-refractivity contribution is 7.98. The van der Waals surface area contributed by atoms with Crippen LogP contribution in [0.1, 0.15) is 181 Å². The lowest BCUT2D eigenvalue weighted by Gasteiger charge is -2.46. The van der Waals surface area contributed by atoms with Crippen molar-refractivity contribution in [2.24, 2.45) is 0 Å². The van der Waals surface area contributed by atoms with E-state index in [1.165, 1.54) is 30.1 Å². The summed E-state index contributed by atoms with van der Waals surface area (Å²) in [5.74, 6) is -0.405. The van der Waals surface area contributed by atoms with Crippen LogP contribution in [0.25, 0.3) is 0 Å². The van der Waals surface area contributed by atoms with E-state index >= 15 is 0 Å². The summed E-state index contributed by atoms with van der Waals surface area (Å²) < 4.78 is 39.0. The maximum atomic E-state index is 13.3. The molecule has 23 heteroatoms. The summed E-state index contributed by atoms with van der Waals surface area (Å²) in [7, 11) is 1.62. The summed E-state index contributed by atoms with van der Waals surface area (Å²) in [4.78, 5) is 108. The minimum absolute atomic E-state index is 0.0457. The fourth-order valence-electron chi connectivity index (χ4n) is 16.2. The van der Waals surface area contributed by atoms with Gasteiger partial charge in [0.25, 0.3) is 5.79 Å². The number of rotatable bonds is 35. The van der Waals surface area contributed by atoms with Crippen molar-refractivity contribution in [1.82, 2.24) is 14.7 Å². The van der Waals surface area contributed by atoms with Gasteiger partial charge in [-0.25, -0.2) is 9.78 Å². The molecule has 734 valence electrons. The molecular formula is C116H135N3O18S2. The number of carbonyl (C=O) groups excluding carboxylic acids is 7. The van der Waals surface area contributed by atoms with E-state index in [4.69, 9.17) is 42.9 Å². The number of aliphatic hydroxyl groups is 2. The fourth-order valence-corrected chi connectivity index (χ4v) is 17.0. The van der Waals surface area contributed by atoms with Crippen LogP contribution in [-0.2, 0) is 44.8 Å². The lowest BCUT2D eigenvalue weighted by molar-refractivity contribution is -0.309. The number of methoxy groups -OCH3 is 1. The average molecular weight is 1920 g/mol. The van der Waals surface area contributed by atoms with Crippen LogP contribution in [0.5, 0.6) is 11.5 Å². The van der Waals surface area contributed by atoms with E-state index in [1.54, 1.807) is 123 Å². The molecule has 0 spiro atoms. The zero-order valence-electron chi connectivity index (χ0n) is 82.0. The average Bonchev–Trinajstić information content (AvgIpc) is 0.770. The summed E-state index contributed by atoms with van der Waals surface area (Å²) in [6, 6.07) is 94.2. The van der Waals surface area contributed by atoms with Crippen molar-refractivity contribution in [1.29, 1.82) is 0 Å². The van der Waals surface area contributed by atoms with Gasteiger partial charge >= 0.3 is 0 Å². The molecule has 2 N–H and O–H groups in total. The van der Waals surface area contributed by atoms with Gasteiger partial charge in [-0.2, -0.15) is 0 Å². The molecule has 1 saturated carbocycles. The normalized spacial score (nSPS) is 15.1. The molecule has 3 aliphatic heterocycles. The number of benzene rings is 11. The number of thioether (sulfide) groups is 2. The van der Waals surface area contributed by atoms with E-state index in [-0.39, 0.29) is 54.3 Å². The third-order valence-electron chi connectivity index (χ3n) is 24.2. The Kier molecular flexibility index (Phi) is 45.2. The number of aryl methyl sites for hydroxylation is 1. The zero-order valence-corrected chi connectivity index (χ0v) is 83.7. The first-order chi connectivity index (χ1) is 67.0. The fraction of sp³-hybridized carbons (Fsp3) is 0.336. The molecule has 11 aromatic carbocycles. The van der Waals surface area contributed by atoms with Crippen molar-refractivity contribution in [2.45, 2.75) is 137 Å². The molecule has 3 heterocycles. The predicted octanol–water partition coefficient (Wildman–Crippen LogP) is 21.8. The first kappa shape index (κ1) is 111. The maximum Gasteiger partial charge on any atom is 0.261 e. The molecule has 1 aliphatic carbocycles. The second-order valence-electron chi connectivity index (χ2n) is 34.9. The van der Waals surface area contributed by atoms with E-state index in [2.05, 4.69) is 46.2 Å². The van der Waals surface area contributed by atoms with Gasteiger partial charge in [0.2, 0.25) is 17.3 Å². The molecule has 21 nitrogen and oxygen atoms in total. The van der Waals surface area contributed by atoms with E-state index in [0.717, 1.165) is 112 Å². The number of ketones is 7. The van der Waals surface area contributed by atoms with Crippen LogP contribution < -0.4 is 9.47 Å². The highest BCUT2D eigenvalue weighted by atomic mass is 32.2. The Balaban J connectivity index is 0.000000182. The summed E-state index contributed by atoms with van der Waals surface area (Å²) in [5, 5.41) is 20.3. The number of nitrogens with zero attached hydrogens (tertiary/aromatic N) is 3. The predicted molar refractivity (Wildman–Crippen MR) is 552 cm³/mol. The molecule has 15 rings (SSSR count). The van der Waals surface area contributed by atoms with E-state index in [1.807, 2.05) is 265 Å². The molecule has 0 aromatic heterocycles. The van der Waals surface area contributed by atoms with Gasteiger partial charge in [-0.15, -0.1) is 36.7 Å². The molecule has 0 radical (unpaired) electrons. The van der Waals surface area contributed by atoms with E-state index in [9.17, 15) is 43.8 Å². The molecule has 4 aliphatic rings. The summed E-state index contributed by atoms with van der Waals surface area (Å²) >= 11 is 3.40. The lowest BCUT2D eigenvalue weighted by Crippen LogP contribution is -2.59. The first-order valence-electron chi connectivity index (χ1n) is 47.1. The SMILES string of the molecule is C=CCOC(OCC=C)(C(=O)c1ccccc1)c1ccccc1.CCOOCC(O)(C(=O)c1ccccc1)c1ccccc1.COc1ccc(C(=O)C(C)(C)N2CCOCC2)cc1.CSc1ccc(C(=O)C(C)(C)N2CCOCC2)cc1.CSc1ccc(C(=O)C2(N3CCOCC3)CCCCC2)cc1.Cc1ccc(C(=O)C(C)(C)O)cc1.O=C(c1ccccc1)C(Oc1ccccc1)c1ccccc1. The number of hydrogen-bond donors (Lipinski definition) is 2. The number of ether oxygens (including phenoxy) is 7. The van der Waals surface area contributed by atoms with Crippen LogP contribution in [0, 0.1) is 6.92 Å². The minimum atomic E-state index is -1.78. The highest BCUT2D eigenvalue weighted by Crippen LogP contribution is 2.39. The highest BCUT2D eigenvalue weighted by Gasteiger charge is 2.47. The molecular weight excluding hydrogens is 1790 g/mol. The Bertz CT molecular complexity index is 5450. The minimum Gasteiger partial charge on any atom is -0.497 e. The maximum absolute atomic E-state index is 13.3. The van der Waals surface area contributed by atoms with Crippen molar-refractivity contribution in [2.75, 3.05) is 125 Å². The molecule has 0 bridgehead atoms. The lowest BCUT2D eigenvalue weighted by atomic mass is 9.75. The van der Waals surface area contributed by atoms with E-state index in [0.29, 0.717) is 77.9 Å². The van der Waals surface area contributed by atoms with Gasteiger partial charge in [0.05, 0.1) is 83.2 Å². The van der Waals surface area contributed by atoms with Crippen molar-refractivity contribution in [3.8, 4) is 11.5 Å². The Morgan fingerprint density at radius 1 is 0.417 bits per heavy atom. The van der Waals surface area contributed by atoms with Gasteiger partial charge in [-0.05, 0) is 147 Å². The number of hydrogen-bond acceptors (Lipinski definition) is 23. The van der Waals surface area contributed by atoms with E-state index < -0.39 is 40.0 Å². The molecule has 139 heavy (non-hydrogen) atoms. The van der Waals surface area contributed by atoms with Crippen molar-refractivity contribution >= 4 is 64.0 Å². The van der Waals surface area contributed by atoms with Crippen molar-refractivity contribution < 1.29 is 86.7 Å². The quantitative estimate of drug-likeness (QED) is 0.00712. The smallest absolute Gasteiger partial charge is 0.261 e. The Labute approximate surface area is 829 Å². The second kappa shape index (κ2) is 56.6. The van der Waals surface area contributed by atoms with Crippen LogP contribution in [-0.4, -0.2) is 213 Å². The van der Waals surface area contributed by atoms with Gasteiger partial charge < -0.3 is 43.4 Å². The van der Waals surface area contributed by atoms with Gasteiger partial charge in [-0.1, -0.05) is 286 Å². The molecule has 2 unspecified atom stereocenters. The van der Waals surface area contributed by atoms with Crippen LogP contribution in [0.15, 0.2) is 344 Å². The molecule has 3 saturated heterocycles. The molecule has 11 aromatic rings. The third-order valence-corrected chi connectivity index (χ3v) is 25.7. The van der Waals surface area contributed by atoms with Gasteiger partial charge in [0.15, 0.2) is 34.8 Å². The Morgan fingerprint density at radius 2 is 0.784 bits per heavy atom. The summed E-state index contributed by atoms with van der Waals surface area (Å²) in [5.41, 5.74) is 3.25. The van der Waals surface area contributed by atoms with Gasteiger partial charge in [0.1, 0.15) is 23.7 Å². The number of Topliss-reactive ketones (excluding diaryl/α,β-unsaturated/α-hetero) is 7. The first-order valence-corrected chi connectivity index (χ1v) is 49.5. The van der Waals surface area contributed by atoms with Crippen LogP contribution >= 0.6 is 23.5 Å². The molecule has 2 atom stereocenters. The topological polar surface area (TPSA) is 253 Å². The zero-order chi connectivity index (χ0) is 100. The Morgan fingerprint density at radius 3 is 1.20 bits per heavy atom. The number of para-hydroxylation sites is 1. The standard InChI is InChI=1S/C20H20O3.C20H16O2.C18H25NO2S.C17H18O4.C15H21NO3.C15H21NO2S.C11H14O2/c1-3-15-22-20(23-16-4-2,18-13-9-6-10-14-18)19(21)17-11-7-5-8-12-17;21-19(16-10-4-1-5-11-16)20(17-12-6-2-7-13-17)22-18-14-8-3-9-15-18;1-22-16-7-5-15(6-8-16)17(20)18(9-3-2-4-10-18)19-11-13-21-14-12-19;1-2-20-21-13-17(19,15-11-7-4-8-12-15)16(18)14-9-5-3-6-10-14;1-15(2,16-8-10-19-11-9-16)14(17)12-4-6-13(18-3)7-5-12;1-15(2,16-8-10-18-11-9-16)14(17)12-4-6-13(19-3)7-5-12;1-8-4-6-9(7-5-8)10(12)11(2,3)13/h3-14H,1-2,15-16H2;1-15,20H;5-8H,2-4,9-14H2,1H3;3-12,19H,2,13H2,1H3;2*4-7H,8-11H2,1-3H3;4-7,13H,1-3H3. The monoisotopic (exact) mass is 1920 g/mol. The number of carbonyl (C=O) groups is 7. The summed E-state index contributed by atoms with van der Waals surface area (Å²) in [6.07, 6.45) is 12.2. The van der Waals surface area contributed by atoms with Gasteiger partial charge in [0, 0.05) is 99.1 Å². The van der Waals surface area contributed by atoms with Crippen LogP contribution in [0.2, 0.25) is 0 Å². The molecule has 4 fully saturated rings. The van der Waals surface area contributed by atoms with Gasteiger partial charge in [-0.3, -0.25) is 48.3 Å². The third kappa shape index (κ3) is 32.2. The number of morpholine rings is 3. The van der Waals surface area contributed by atoms with Crippen molar-refractivity contribution in [3.63, 3.8) is 0 Å². The van der Waals surface area contributed by atoms with Crippen LogP contribution in [0.3, 0.4) is 0 Å². The summed E-state index contributed by atoms with van der Waals surface area (Å²) in [6.45, 7) is 31.7. The second-order valence-corrected chi connectivity index (χ2v) is 36.6. The largest absolute Gasteiger partial charge is 0.497 e. The van der Waals surface area contributed by atoms with Crippen molar-refractivity contribution in [3.05, 3.63) is 396 Å². The Hall–Kier alpha value is -11.6.